The van der Waals surface area contributed by atoms with Crippen LogP contribution in [-0.2, 0) is 6.54 Å². The van der Waals surface area contributed by atoms with E-state index in [1.807, 2.05) is 25.1 Å². The van der Waals surface area contributed by atoms with Gasteiger partial charge in [-0.15, -0.1) is 17.8 Å². The van der Waals surface area contributed by atoms with Crippen molar-refractivity contribution in [3.63, 3.8) is 0 Å². The van der Waals surface area contributed by atoms with E-state index in [1.54, 1.807) is 11.3 Å². The van der Waals surface area contributed by atoms with Crippen LogP contribution in [0.15, 0.2) is 30.3 Å². The van der Waals surface area contributed by atoms with Crippen molar-refractivity contribution in [1.82, 2.24) is 4.98 Å². The Hall–Kier alpha value is -1.79. The number of terminal acetylenes is 1. The second kappa shape index (κ2) is 4.82. The summed E-state index contributed by atoms with van der Waals surface area (Å²) in [5.41, 5.74) is 1.97. The maximum Gasteiger partial charge on any atom is 0.184 e. The van der Waals surface area contributed by atoms with Crippen LogP contribution >= 0.6 is 11.3 Å². The van der Waals surface area contributed by atoms with E-state index in [-0.39, 0.29) is 0 Å². The standard InChI is InChI=1S/C13H12N2S/c1-3-12-10(2)16-13(15-12)14-9-11-7-5-4-6-8-11/h1,4-8H,9H2,2H3,(H,14,15). The number of hydrogen-bond donors (Lipinski definition) is 1. The third kappa shape index (κ3) is 2.41. The van der Waals surface area contributed by atoms with Crippen molar-refractivity contribution in [2.24, 2.45) is 0 Å². The van der Waals surface area contributed by atoms with Gasteiger partial charge in [0.05, 0.1) is 0 Å². The number of aryl methyl sites for hydroxylation is 1. The molecular weight excluding hydrogens is 216 g/mol. The molecule has 16 heavy (non-hydrogen) atoms. The molecule has 0 aliphatic carbocycles. The molecule has 0 atom stereocenters. The summed E-state index contributed by atoms with van der Waals surface area (Å²) in [6.45, 7) is 2.76. The Morgan fingerprint density at radius 1 is 1.38 bits per heavy atom. The molecule has 1 aromatic heterocycles. The maximum atomic E-state index is 5.34. The number of thiazole rings is 1. The van der Waals surface area contributed by atoms with Gasteiger partial charge >= 0.3 is 0 Å². The van der Waals surface area contributed by atoms with Crippen LogP contribution in [0.1, 0.15) is 16.1 Å². The number of nitrogens with one attached hydrogen (secondary N) is 1. The molecular formula is C13H12N2S. The van der Waals surface area contributed by atoms with Gasteiger partial charge in [0.2, 0.25) is 0 Å². The Labute approximate surface area is 99.4 Å². The van der Waals surface area contributed by atoms with Crippen molar-refractivity contribution in [1.29, 1.82) is 0 Å². The number of hydrogen-bond acceptors (Lipinski definition) is 3. The lowest BCUT2D eigenvalue weighted by Gasteiger charge is -2.01. The lowest BCUT2D eigenvalue weighted by molar-refractivity contribution is 1.13. The third-order valence-electron chi connectivity index (χ3n) is 2.22. The second-order valence-electron chi connectivity index (χ2n) is 3.41. The molecule has 0 aliphatic rings. The predicted molar refractivity (Wildman–Crippen MR) is 68.6 cm³/mol. The molecule has 0 unspecified atom stereocenters. The van der Waals surface area contributed by atoms with Gasteiger partial charge in [0.25, 0.3) is 0 Å². The fourth-order valence-corrected chi connectivity index (χ4v) is 2.15. The van der Waals surface area contributed by atoms with Crippen LogP contribution in [0.3, 0.4) is 0 Å². The third-order valence-corrected chi connectivity index (χ3v) is 3.15. The van der Waals surface area contributed by atoms with E-state index in [1.165, 1.54) is 5.56 Å². The van der Waals surface area contributed by atoms with Gasteiger partial charge in [0.15, 0.2) is 5.13 Å². The van der Waals surface area contributed by atoms with Crippen molar-refractivity contribution in [2.75, 3.05) is 5.32 Å². The molecule has 3 heteroatoms. The topological polar surface area (TPSA) is 24.9 Å². The first-order chi connectivity index (χ1) is 7.79. The van der Waals surface area contributed by atoms with Crippen LogP contribution in [0.5, 0.6) is 0 Å². The van der Waals surface area contributed by atoms with Gasteiger partial charge in [-0.1, -0.05) is 30.3 Å². The van der Waals surface area contributed by atoms with E-state index >= 15 is 0 Å². The van der Waals surface area contributed by atoms with Crippen molar-refractivity contribution in [3.8, 4) is 12.3 Å². The van der Waals surface area contributed by atoms with E-state index in [9.17, 15) is 0 Å². The van der Waals surface area contributed by atoms with Gasteiger partial charge in [-0.25, -0.2) is 4.98 Å². The molecule has 1 N–H and O–H groups in total. The molecule has 0 saturated carbocycles. The highest BCUT2D eigenvalue weighted by atomic mass is 32.1. The average Bonchev–Trinajstić information content (AvgIpc) is 2.69. The van der Waals surface area contributed by atoms with E-state index in [0.29, 0.717) is 0 Å². The fourth-order valence-electron chi connectivity index (χ4n) is 1.38. The fraction of sp³-hybridized carbons (Fsp3) is 0.154. The summed E-state index contributed by atoms with van der Waals surface area (Å²) >= 11 is 1.59. The Morgan fingerprint density at radius 3 is 2.75 bits per heavy atom. The monoisotopic (exact) mass is 228 g/mol. The van der Waals surface area contributed by atoms with Gasteiger partial charge in [-0.3, -0.25) is 0 Å². The molecule has 0 spiro atoms. The van der Waals surface area contributed by atoms with Crippen LogP contribution in [0, 0.1) is 19.3 Å². The van der Waals surface area contributed by atoms with Gasteiger partial charge < -0.3 is 5.32 Å². The zero-order valence-electron chi connectivity index (χ0n) is 9.03. The van der Waals surface area contributed by atoms with Gasteiger partial charge in [0.1, 0.15) is 5.69 Å². The molecule has 0 aliphatic heterocycles. The zero-order chi connectivity index (χ0) is 11.4. The van der Waals surface area contributed by atoms with Crippen molar-refractivity contribution in [3.05, 3.63) is 46.5 Å². The first-order valence-electron chi connectivity index (χ1n) is 5.01. The molecule has 2 aromatic rings. The van der Waals surface area contributed by atoms with E-state index < -0.39 is 0 Å². The molecule has 0 radical (unpaired) electrons. The summed E-state index contributed by atoms with van der Waals surface area (Å²) in [4.78, 5) is 5.40. The molecule has 0 bridgehead atoms. The molecule has 0 saturated heterocycles. The minimum Gasteiger partial charge on any atom is -0.357 e. The molecule has 2 rings (SSSR count). The highest BCUT2D eigenvalue weighted by Crippen LogP contribution is 2.21. The van der Waals surface area contributed by atoms with Crippen LogP contribution in [0.4, 0.5) is 5.13 Å². The predicted octanol–water partition coefficient (Wildman–Crippen LogP) is 3.04. The smallest absolute Gasteiger partial charge is 0.184 e. The maximum absolute atomic E-state index is 5.34. The van der Waals surface area contributed by atoms with Crippen molar-refractivity contribution >= 4 is 16.5 Å². The number of aromatic nitrogens is 1. The number of nitrogens with zero attached hydrogens (tertiary/aromatic N) is 1. The number of anilines is 1. The summed E-state index contributed by atoms with van der Waals surface area (Å²) in [6.07, 6.45) is 5.34. The Morgan fingerprint density at radius 2 is 2.12 bits per heavy atom. The van der Waals surface area contributed by atoms with E-state index in [4.69, 9.17) is 6.42 Å². The first-order valence-corrected chi connectivity index (χ1v) is 5.83. The summed E-state index contributed by atoms with van der Waals surface area (Å²) in [5.74, 6) is 2.57. The Bertz CT molecular complexity index is 508. The summed E-state index contributed by atoms with van der Waals surface area (Å²) in [7, 11) is 0. The normalized spacial score (nSPS) is 9.75. The van der Waals surface area contributed by atoms with Crippen molar-refractivity contribution < 1.29 is 0 Å². The van der Waals surface area contributed by atoms with Gasteiger partial charge in [-0.2, -0.15) is 0 Å². The number of rotatable bonds is 3. The minimum absolute atomic E-state index is 0.737. The summed E-state index contributed by atoms with van der Waals surface area (Å²) in [5, 5.41) is 4.15. The van der Waals surface area contributed by atoms with Crippen LogP contribution in [0.2, 0.25) is 0 Å². The average molecular weight is 228 g/mol. The van der Waals surface area contributed by atoms with Gasteiger partial charge in [0, 0.05) is 11.4 Å². The molecule has 1 heterocycles. The first kappa shape index (κ1) is 10.7. The summed E-state index contributed by atoms with van der Waals surface area (Å²) < 4.78 is 0. The molecule has 2 nitrogen and oxygen atoms in total. The SMILES string of the molecule is C#Cc1nc(NCc2ccccc2)sc1C. The largest absolute Gasteiger partial charge is 0.357 e. The Kier molecular flexibility index (Phi) is 3.23. The molecule has 1 aromatic carbocycles. The molecule has 0 fully saturated rings. The van der Waals surface area contributed by atoms with Gasteiger partial charge in [-0.05, 0) is 18.4 Å². The number of benzene rings is 1. The second-order valence-corrected chi connectivity index (χ2v) is 4.61. The highest BCUT2D eigenvalue weighted by molar-refractivity contribution is 7.15. The van der Waals surface area contributed by atoms with E-state index in [2.05, 4.69) is 28.4 Å². The van der Waals surface area contributed by atoms with Crippen LogP contribution < -0.4 is 5.32 Å². The molecule has 0 amide bonds. The lowest BCUT2D eigenvalue weighted by atomic mass is 10.2. The Balaban J connectivity index is 2.03. The van der Waals surface area contributed by atoms with Crippen LogP contribution in [-0.4, -0.2) is 4.98 Å². The lowest BCUT2D eigenvalue weighted by Crippen LogP contribution is -1.98. The molecule has 80 valence electrons. The summed E-state index contributed by atoms with van der Waals surface area (Å²) in [6, 6.07) is 10.2. The quantitative estimate of drug-likeness (QED) is 0.817. The van der Waals surface area contributed by atoms with Crippen molar-refractivity contribution in [2.45, 2.75) is 13.5 Å². The minimum atomic E-state index is 0.737. The van der Waals surface area contributed by atoms with Crippen LogP contribution in [0.25, 0.3) is 0 Å². The zero-order valence-corrected chi connectivity index (χ0v) is 9.84. The van der Waals surface area contributed by atoms with E-state index in [0.717, 1.165) is 22.2 Å². The highest BCUT2D eigenvalue weighted by Gasteiger charge is 2.04.